The van der Waals surface area contributed by atoms with Gasteiger partial charge in [-0.3, -0.25) is 4.98 Å². The Bertz CT molecular complexity index is 364. The Labute approximate surface area is 110 Å². The van der Waals surface area contributed by atoms with Crippen molar-refractivity contribution in [1.29, 1.82) is 0 Å². The van der Waals surface area contributed by atoms with Crippen molar-refractivity contribution in [1.82, 2.24) is 9.88 Å². The van der Waals surface area contributed by atoms with Crippen LogP contribution in [-0.4, -0.2) is 56.3 Å². The summed E-state index contributed by atoms with van der Waals surface area (Å²) in [5.41, 5.74) is 2.35. The highest BCUT2D eigenvalue weighted by molar-refractivity contribution is 5.45. The fraction of sp³-hybridized carbons (Fsp3) is 0.643. The molecule has 0 saturated carbocycles. The minimum atomic E-state index is 0.443. The van der Waals surface area contributed by atoms with Crippen molar-refractivity contribution >= 4 is 5.69 Å². The first-order valence-electron chi connectivity index (χ1n) is 6.64. The van der Waals surface area contributed by atoms with Crippen LogP contribution in [0.2, 0.25) is 0 Å². The molecule has 2 rings (SSSR count). The van der Waals surface area contributed by atoms with Crippen LogP contribution in [0, 0.1) is 0 Å². The maximum Gasteiger partial charge on any atom is 0.0642 e. The van der Waals surface area contributed by atoms with Crippen molar-refractivity contribution in [2.75, 3.05) is 45.3 Å². The maximum absolute atomic E-state index is 5.66. The number of ether oxygens (including phenoxy) is 1. The van der Waals surface area contributed by atoms with Gasteiger partial charge < -0.3 is 14.5 Å². The number of rotatable bonds is 3. The van der Waals surface area contributed by atoms with E-state index in [1.165, 1.54) is 5.69 Å². The molecule has 2 heterocycles. The van der Waals surface area contributed by atoms with Gasteiger partial charge in [0, 0.05) is 24.8 Å². The molecular formula is C14H23N3O. The SMILES string of the molecule is CCc1ccc(N2CCOC[C@H](N(C)C)C2)cn1. The molecule has 0 unspecified atom stereocenters. The Kier molecular flexibility index (Phi) is 4.55. The van der Waals surface area contributed by atoms with E-state index >= 15 is 0 Å². The summed E-state index contributed by atoms with van der Waals surface area (Å²) in [4.78, 5) is 9.07. The van der Waals surface area contributed by atoms with Crippen molar-refractivity contribution in [2.24, 2.45) is 0 Å². The predicted octanol–water partition coefficient (Wildman–Crippen LogP) is 1.41. The highest BCUT2D eigenvalue weighted by atomic mass is 16.5. The van der Waals surface area contributed by atoms with Crippen LogP contribution in [0.1, 0.15) is 12.6 Å². The van der Waals surface area contributed by atoms with Crippen LogP contribution in [-0.2, 0) is 11.2 Å². The molecule has 0 N–H and O–H groups in total. The summed E-state index contributed by atoms with van der Waals surface area (Å²) in [6.07, 6.45) is 2.97. The van der Waals surface area contributed by atoms with Gasteiger partial charge in [0.2, 0.25) is 0 Å². The molecule has 1 aliphatic heterocycles. The van der Waals surface area contributed by atoms with Crippen molar-refractivity contribution in [3.63, 3.8) is 0 Å². The van der Waals surface area contributed by atoms with Gasteiger partial charge in [-0.15, -0.1) is 0 Å². The van der Waals surface area contributed by atoms with Crippen LogP contribution in [0.15, 0.2) is 18.3 Å². The molecule has 4 heteroatoms. The number of hydrogen-bond acceptors (Lipinski definition) is 4. The normalized spacial score (nSPS) is 21.1. The van der Waals surface area contributed by atoms with Crippen molar-refractivity contribution < 1.29 is 4.74 Å². The van der Waals surface area contributed by atoms with Crippen molar-refractivity contribution in [3.8, 4) is 0 Å². The summed E-state index contributed by atoms with van der Waals surface area (Å²) in [6, 6.07) is 4.73. The van der Waals surface area contributed by atoms with Gasteiger partial charge in [-0.2, -0.15) is 0 Å². The molecular weight excluding hydrogens is 226 g/mol. The number of pyridine rings is 1. The molecule has 4 nitrogen and oxygen atoms in total. The molecule has 1 saturated heterocycles. The monoisotopic (exact) mass is 249 g/mol. The number of anilines is 1. The third-order valence-corrected chi connectivity index (χ3v) is 3.51. The van der Waals surface area contributed by atoms with Gasteiger partial charge in [0.25, 0.3) is 0 Å². The Hall–Kier alpha value is -1.13. The number of hydrogen-bond donors (Lipinski definition) is 0. The standard InChI is InChI=1S/C14H23N3O/c1-4-12-5-6-13(9-15-12)17-7-8-18-11-14(10-17)16(2)3/h5-6,9,14H,4,7-8,10-11H2,1-3H3/t14-/m1/s1. The first-order chi connectivity index (χ1) is 8.70. The summed E-state index contributed by atoms with van der Waals surface area (Å²) in [5, 5.41) is 0. The fourth-order valence-corrected chi connectivity index (χ4v) is 2.15. The summed E-state index contributed by atoms with van der Waals surface area (Å²) in [5.74, 6) is 0. The second-order valence-electron chi connectivity index (χ2n) is 5.00. The summed E-state index contributed by atoms with van der Waals surface area (Å²) in [6.45, 7) is 5.67. The molecule has 1 atom stereocenters. The van der Waals surface area contributed by atoms with Gasteiger partial charge in [-0.1, -0.05) is 6.92 Å². The Balaban J connectivity index is 2.09. The smallest absolute Gasteiger partial charge is 0.0642 e. The number of aryl methyl sites for hydroxylation is 1. The molecule has 0 aliphatic carbocycles. The van der Waals surface area contributed by atoms with Gasteiger partial charge in [0.15, 0.2) is 0 Å². The molecule has 1 aromatic heterocycles. The quantitative estimate of drug-likeness (QED) is 0.810. The lowest BCUT2D eigenvalue weighted by Crippen LogP contribution is -2.41. The third-order valence-electron chi connectivity index (χ3n) is 3.51. The fourth-order valence-electron chi connectivity index (χ4n) is 2.15. The average molecular weight is 249 g/mol. The minimum absolute atomic E-state index is 0.443. The zero-order valence-electron chi connectivity index (χ0n) is 11.6. The van der Waals surface area contributed by atoms with E-state index in [0.29, 0.717) is 6.04 Å². The first kappa shape index (κ1) is 13.3. The number of likely N-dealkylation sites (N-methyl/N-ethyl adjacent to an activating group) is 1. The summed E-state index contributed by atoms with van der Waals surface area (Å²) >= 11 is 0. The van der Waals surface area contributed by atoms with Gasteiger partial charge in [0.1, 0.15) is 0 Å². The van der Waals surface area contributed by atoms with E-state index < -0.39 is 0 Å². The van der Waals surface area contributed by atoms with E-state index in [-0.39, 0.29) is 0 Å². The lowest BCUT2D eigenvalue weighted by Gasteiger charge is -2.28. The lowest BCUT2D eigenvalue weighted by molar-refractivity contribution is 0.103. The number of aromatic nitrogens is 1. The second kappa shape index (κ2) is 6.16. The van der Waals surface area contributed by atoms with E-state index in [4.69, 9.17) is 4.74 Å². The Morgan fingerprint density at radius 1 is 1.44 bits per heavy atom. The van der Waals surface area contributed by atoms with Crippen LogP contribution in [0.25, 0.3) is 0 Å². The molecule has 0 aromatic carbocycles. The molecule has 100 valence electrons. The summed E-state index contributed by atoms with van der Waals surface area (Å²) < 4.78 is 5.66. The van der Waals surface area contributed by atoms with E-state index in [9.17, 15) is 0 Å². The molecule has 0 radical (unpaired) electrons. The zero-order valence-corrected chi connectivity index (χ0v) is 11.6. The van der Waals surface area contributed by atoms with E-state index in [2.05, 4.69) is 47.9 Å². The highest BCUT2D eigenvalue weighted by Crippen LogP contribution is 2.16. The number of nitrogens with zero attached hydrogens (tertiary/aromatic N) is 3. The van der Waals surface area contributed by atoms with E-state index in [0.717, 1.165) is 38.4 Å². The van der Waals surface area contributed by atoms with Crippen molar-refractivity contribution in [3.05, 3.63) is 24.0 Å². The minimum Gasteiger partial charge on any atom is -0.378 e. The second-order valence-corrected chi connectivity index (χ2v) is 5.00. The Morgan fingerprint density at radius 3 is 2.89 bits per heavy atom. The highest BCUT2D eigenvalue weighted by Gasteiger charge is 2.20. The molecule has 0 spiro atoms. The van der Waals surface area contributed by atoms with Crippen LogP contribution >= 0.6 is 0 Å². The molecule has 1 aromatic rings. The van der Waals surface area contributed by atoms with Crippen LogP contribution in [0.5, 0.6) is 0 Å². The van der Waals surface area contributed by atoms with Gasteiger partial charge in [-0.25, -0.2) is 0 Å². The Morgan fingerprint density at radius 2 is 2.28 bits per heavy atom. The third kappa shape index (κ3) is 3.21. The van der Waals surface area contributed by atoms with Crippen LogP contribution < -0.4 is 4.90 Å². The van der Waals surface area contributed by atoms with Crippen LogP contribution in [0.4, 0.5) is 5.69 Å². The van der Waals surface area contributed by atoms with Gasteiger partial charge in [0.05, 0.1) is 25.1 Å². The maximum atomic E-state index is 5.66. The first-order valence-corrected chi connectivity index (χ1v) is 6.64. The van der Waals surface area contributed by atoms with E-state index in [1.807, 2.05) is 6.20 Å². The molecule has 18 heavy (non-hydrogen) atoms. The van der Waals surface area contributed by atoms with Crippen LogP contribution in [0.3, 0.4) is 0 Å². The lowest BCUT2D eigenvalue weighted by atomic mass is 10.2. The molecule has 0 bridgehead atoms. The van der Waals surface area contributed by atoms with E-state index in [1.54, 1.807) is 0 Å². The molecule has 0 amide bonds. The topological polar surface area (TPSA) is 28.6 Å². The average Bonchev–Trinajstić information content (AvgIpc) is 2.65. The summed E-state index contributed by atoms with van der Waals surface area (Å²) in [7, 11) is 4.21. The van der Waals surface area contributed by atoms with Gasteiger partial charge in [-0.05, 0) is 32.6 Å². The van der Waals surface area contributed by atoms with Gasteiger partial charge >= 0.3 is 0 Å². The predicted molar refractivity (Wildman–Crippen MR) is 74.1 cm³/mol. The molecule has 1 fully saturated rings. The largest absolute Gasteiger partial charge is 0.378 e. The molecule has 1 aliphatic rings. The zero-order chi connectivity index (χ0) is 13.0. The van der Waals surface area contributed by atoms with Crippen molar-refractivity contribution in [2.45, 2.75) is 19.4 Å².